The molecular weight excluding hydrogens is 274 g/mol. The summed E-state index contributed by atoms with van der Waals surface area (Å²) >= 11 is 0. The van der Waals surface area contributed by atoms with Gasteiger partial charge in [-0.25, -0.2) is 4.98 Å². The van der Waals surface area contributed by atoms with Crippen LogP contribution in [0.1, 0.15) is 48.2 Å². The van der Waals surface area contributed by atoms with Gasteiger partial charge in [-0.2, -0.15) is 10.4 Å². The average molecular weight is 295 g/mol. The number of nitrogens with zero attached hydrogens (tertiary/aromatic N) is 4. The maximum Gasteiger partial charge on any atom is 0.146 e. The maximum atomic E-state index is 9.34. The van der Waals surface area contributed by atoms with Gasteiger partial charge in [0, 0.05) is 30.4 Å². The first kappa shape index (κ1) is 14.6. The zero-order chi connectivity index (χ0) is 15.5. The van der Waals surface area contributed by atoms with Gasteiger partial charge in [-0.3, -0.25) is 5.10 Å². The van der Waals surface area contributed by atoms with Crippen LogP contribution < -0.4 is 4.90 Å². The molecule has 1 aliphatic heterocycles. The second-order valence-electron chi connectivity index (χ2n) is 5.88. The van der Waals surface area contributed by atoms with Crippen molar-refractivity contribution >= 4 is 5.82 Å². The number of aryl methyl sites for hydroxylation is 2. The predicted octanol–water partition coefficient (Wildman–Crippen LogP) is 2.93. The number of anilines is 1. The molecule has 0 bridgehead atoms. The first-order valence-corrected chi connectivity index (χ1v) is 7.87. The van der Waals surface area contributed by atoms with E-state index in [9.17, 15) is 5.26 Å². The second-order valence-corrected chi connectivity index (χ2v) is 5.88. The van der Waals surface area contributed by atoms with Gasteiger partial charge in [0.05, 0.1) is 11.8 Å². The SMILES string of the molecule is CCc1cn[nH]c1[C@H]1CCCN(c2nc(C)ccc2C#N)C1. The summed E-state index contributed by atoms with van der Waals surface area (Å²) in [5.74, 6) is 1.25. The summed E-state index contributed by atoms with van der Waals surface area (Å²) in [7, 11) is 0. The Morgan fingerprint density at radius 2 is 2.32 bits per heavy atom. The van der Waals surface area contributed by atoms with E-state index in [0.717, 1.165) is 43.9 Å². The number of piperidine rings is 1. The number of hydrogen-bond acceptors (Lipinski definition) is 4. The van der Waals surface area contributed by atoms with Crippen molar-refractivity contribution in [3.05, 3.63) is 40.8 Å². The minimum atomic E-state index is 0.431. The van der Waals surface area contributed by atoms with Crippen LogP contribution in [0, 0.1) is 18.3 Å². The minimum absolute atomic E-state index is 0.431. The molecule has 0 aliphatic carbocycles. The van der Waals surface area contributed by atoms with Gasteiger partial charge in [0.15, 0.2) is 0 Å². The number of H-pyrrole nitrogens is 1. The number of nitrogens with one attached hydrogen (secondary N) is 1. The van der Waals surface area contributed by atoms with Gasteiger partial charge in [0.1, 0.15) is 11.9 Å². The first-order chi connectivity index (χ1) is 10.7. The molecule has 0 spiro atoms. The molecule has 0 saturated carbocycles. The number of aromatic amines is 1. The van der Waals surface area contributed by atoms with Crippen LogP contribution in [0.25, 0.3) is 0 Å². The molecule has 1 aliphatic rings. The van der Waals surface area contributed by atoms with Crippen molar-refractivity contribution in [2.24, 2.45) is 0 Å². The highest BCUT2D eigenvalue weighted by Gasteiger charge is 2.26. The quantitative estimate of drug-likeness (QED) is 0.945. The molecule has 1 N–H and O–H groups in total. The molecule has 0 radical (unpaired) electrons. The topological polar surface area (TPSA) is 68.6 Å². The average Bonchev–Trinajstić information content (AvgIpc) is 3.03. The standard InChI is InChI=1S/C17H21N5/c1-3-13-10-19-21-16(13)15-5-4-8-22(11-15)17-14(9-18)7-6-12(2)20-17/h6-7,10,15H,3-5,8,11H2,1-2H3,(H,19,21)/t15-/m0/s1. The number of hydrogen-bond donors (Lipinski definition) is 1. The highest BCUT2D eigenvalue weighted by Crippen LogP contribution is 2.31. The molecule has 1 atom stereocenters. The van der Waals surface area contributed by atoms with Gasteiger partial charge in [0.2, 0.25) is 0 Å². The van der Waals surface area contributed by atoms with E-state index in [0.29, 0.717) is 11.5 Å². The van der Waals surface area contributed by atoms with Crippen LogP contribution in [0.3, 0.4) is 0 Å². The first-order valence-electron chi connectivity index (χ1n) is 7.87. The van der Waals surface area contributed by atoms with Crippen LogP contribution in [0.5, 0.6) is 0 Å². The van der Waals surface area contributed by atoms with Crippen LogP contribution >= 0.6 is 0 Å². The smallest absolute Gasteiger partial charge is 0.146 e. The zero-order valence-electron chi connectivity index (χ0n) is 13.1. The van der Waals surface area contributed by atoms with Crippen LogP contribution in [-0.4, -0.2) is 28.3 Å². The summed E-state index contributed by atoms with van der Waals surface area (Å²) < 4.78 is 0. The molecular formula is C17H21N5. The van der Waals surface area contributed by atoms with E-state index >= 15 is 0 Å². The monoisotopic (exact) mass is 295 g/mol. The number of rotatable bonds is 3. The highest BCUT2D eigenvalue weighted by molar-refractivity contribution is 5.55. The van der Waals surface area contributed by atoms with Gasteiger partial charge >= 0.3 is 0 Å². The van der Waals surface area contributed by atoms with Gasteiger partial charge in [0.25, 0.3) is 0 Å². The van der Waals surface area contributed by atoms with Crippen LogP contribution in [0.4, 0.5) is 5.82 Å². The Hall–Kier alpha value is -2.35. The molecule has 5 heteroatoms. The molecule has 2 aromatic rings. The lowest BCUT2D eigenvalue weighted by molar-refractivity contribution is 0.495. The number of pyridine rings is 1. The molecule has 2 aromatic heterocycles. The molecule has 5 nitrogen and oxygen atoms in total. The molecule has 1 saturated heterocycles. The fourth-order valence-electron chi connectivity index (χ4n) is 3.23. The van der Waals surface area contributed by atoms with Crippen LogP contribution in [0.15, 0.2) is 18.3 Å². The Labute approximate surface area is 131 Å². The molecule has 3 rings (SSSR count). The van der Waals surface area contributed by atoms with Gasteiger partial charge in [-0.05, 0) is 43.9 Å². The normalized spacial score (nSPS) is 18.2. The second kappa shape index (κ2) is 6.18. The Bertz CT molecular complexity index is 697. The lowest BCUT2D eigenvalue weighted by Crippen LogP contribution is -2.36. The van der Waals surface area contributed by atoms with Crippen LogP contribution in [-0.2, 0) is 6.42 Å². The molecule has 114 valence electrons. The Balaban J connectivity index is 1.88. The van der Waals surface area contributed by atoms with E-state index < -0.39 is 0 Å². The molecule has 1 fully saturated rings. The summed E-state index contributed by atoms with van der Waals surface area (Å²) in [6, 6.07) is 6.03. The van der Waals surface area contributed by atoms with E-state index in [1.54, 1.807) is 0 Å². The van der Waals surface area contributed by atoms with E-state index in [1.807, 2.05) is 25.3 Å². The molecule has 0 unspecified atom stereocenters. The third kappa shape index (κ3) is 2.69. The van der Waals surface area contributed by atoms with Crippen molar-refractivity contribution in [2.45, 2.75) is 39.0 Å². The van der Waals surface area contributed by atoms with E-state index in [1.165, 1.54) is 11.3 Å². The van der Waals surface area contributed by atoms with Crippen LogP contribution in [0.2, 0.25) is 0 Å². The summed E-state index contributed by atoms with van der Waals surface area (Å²) in [5, 5.41) is 16.7. The minimum Gasteiger partial charge on any atom is -0.355 e. The Morgan fingerprint density at radius 1 is 1.45 bits per heavy atom. The van der Waals surface area contributed by atoms with E-state index in [4.69, 9.17) is 0 Å². The maximum absolute atomic E-state index is 9.34. The molecule has 0 amide bonds. The Kier molecular flexibility index (Phi) is 4.10. The largest absolute Gasteiger partial charge is 0.355 e. The zero-order valence-corrected chi connectivity index (χ0v) is 13.1. The fourth-order valence-corrected chi connectivity index (χ4v) is 3.23. The van der Waals surface area contributed by atoms with Crippen molar-refractivity contribution in [1.29, 1.82) is 5.26 Å². The van der Waals surface area contributed by atoms with Crippen molar-refractivity contribution in [3.8, 4) is 6.07 Å². The van der Waals surface area contributed by atoms with Gasteiger partial charge in [-0.1, -0.05) is 6.92 Å². The molecule has 22 heavy (non-hydrogen) atoms. The summed E-state index contributed by atoms with van der Waals surface area (Å²) in [5.41, 5.74) is 4.15. The third-order valence-corrected chi connectivity index (χ3v) is 4.40. The van der Waals surface area contributed by atoms with Gasteiger partial charge < -0.3 is 4.90 Å². The lowest BCUT2D eigenvalue weighted by atomic mass is 9.92. The van der Waals surface area contributed by atoms with E-state index in [2.05, 4.69) is 33.1 Å². The summed E-state index contributed by atoms with van der Waals surface area (Å²) in [6.07, 6.45) is 5.18. The van der Waals surface area contributed by atoms with E-state index in [-0.39, 0.29) is 0 Å². The number of nitriles is 1. The van der Waals surface area contributed by atoms with Crippen molar-refractivity contribution in [1.82, 2.24) is 15.2 Å². The Morgan fingerprint density at radius 3 is 3.09 bits per heavy atom. The van der Waals surface area contributed by atoms with Crippen molar-refractivity contribution < 1.29 is 0 Å². The van der Waals surface area contributed by atoms with Crippen molar-refractivity contribution in [3.63, 3.8) is 0 Å². The highest BCUT2D eigenvalue weighted by atomic mass is 15.2. The van der Waals surface area contributed by atoms with Crippen molar-refractivity contribution in [2.75, 3.05) is 18.0 Å². The third-order valence-electron chi connectivity index (χ3n) is 4.40. The summed E-state index contributed by atoms with van der Waals surface area (Å²) in [4.78, 5) is 6.85. The predicted molar refractivity (Wildman–Crippen MR) is 85.8 cm³/mol. The molecule has 3 heterocycles. The van der Waals surface area contributed by atoms with Gasteiger partial charge in [-0.15, -0.1) is 0 Å². The molecule has 0 aromatic carbocycles. The lowest BCUT2D eigenvalue weighted by Gasteiger charge is -2.34. The fraction of sp³-hybridized carbons (Fsp3) is 0.471. The number of aromatic nitrogens is 3. The summed E-state index contributed by atoms with van der Waals surface area (Å²) in [6.45, 7) is 5.97.